The summed E-state index contributed by atoms with van der Waals surface area (Å²) in [5.41, 5.74) is 0. The molecule has 0 radical (unpaired) electrons. The van der Waals surface area contributed by atoms with E-state index in [1.165, 1.54) is 11.3 Å². The predicted molar refractivity (Wildman–Crippen MR) is 110 cm³/mol. The quantitative estimate of drug-likeness (QED) is 0.405. The lowest BCUT2D eigenvalue weighted by Gasteiger charge is -2.22. The zero-order valence-corrected chi connectivity index (χ0v) is 17.3. The summed E-state index contributed by atoms with van der Waals surface area (Å²) in [5.74, 6) is 4.12. The highest BCUT2D eigenvalue weighted by Gasteiger charge is 2.24. The standard InChI is InChI=1S/C20H33N3O2S/c1-5-21-20(23-11-10-17(13-23)14-24-3)22-12-16(2)15-26-19-9-7-6-8-18(19)25-4/h6-9,16-17H,5,10-15H2,1-4H3,(H,21,22). The lowest BCUT2D eigenvalue weighted by atomic mass is 10.1. The van der Waals surface area contributed by atoms with E-state index in [0.717, 1.165) is 50.2 Å². The molecule has 146 valence electrons. The molecule has 1 aromatic rings. The molecule has 1 heterocycles. The maximum atomic E-state index is 5.43. The van der Waals surface area contributed by atoms with Crippen molar-refractivity contribution in [2.75, 3.05) is 52.8 Å². The molecule has 5 nitrogen and oxygen atoms in total. The third kappa shape index (κ3) is 6.40. The number of aliphatic imine (C=N–C) groups is 1. The summed E-state index contributed by atoms with van der Waals surface area (Å²) in [6, 6.07) is 8.19. The van der Waals surface area contributed by atoms with Crippen LogP contribution in [0.5, 0.6) is 5.75 Å². The van der Waals surface area contributed by atoms with E-state index < -0.39 is 0 Å². The van der Waals surface area contributed by atoms with Crippen LogP contribution in [-0.4, -0.2) is 63.6 Å². The van der Waals surface area contributed by atoms with Gasteiger partial charge >= 0.3 is 0 Å². The molecule has 0 bridgehead atoms. The molecule has 1 aromatic carbocycles. The Hall–Kier alpha value is -1.40. The minimum atomic E-state index is 0.496. The minimum absolute atomic E-state index is 0.496. The summed E-state index contributed by atoms with van der Waals surface area (Å²) in [6.07, 6.45) is 1.18. The minimum Gasteiger partial charge on any atom is -0.496 e. The van der Waals surface area contributed by atoms with Crippen LogP contribution in [0.15, 0.2) is 34.2 Å². The van der Waals surface area contributed by atoms with E-state index in [9.17, 15) is 0 Å². The molecular weight excluding hydrogens is 346 g/mol. The van der Waals surface area contributed by atoms with Crippen LogP contribution >= 0.6 is 11.8 Å². The van der Waals surface area contributed by atoms with Gasteiger partial charge in [0.15, 0.2) is 5.96 Å². The topological polar surface area (TPSA) is 46.1 Å². The van der Waals surface area contributed by atoms with Gasteiger partial charge in [0.05, 0.1) is 13.7 Å². The Labute approximate surface area is 162 Å². The van der Waals surface area contributed by atoms with Crippen molar-refractivity contribution in [1.82, 2.24) is 10.2 Å². The van der Waals surface area contributed by atoms with E-state index in [2.05, 4.69) is 36.2 Å². The second kappa shape index (κ2) is 11.3. The molecule has 0 spiro atoms. The lowest BCUT2D eigenvalue weighted by Crippen LogP contribution is -2.40. The molecule has 1 fully saturated rings. The number of guanidine groups is 1. The molecule has 2 unspecified atom stereocenters. The van der Waals surface area contributed by atoms with Crippen LogP contribution in [0.1, 0.15) is 20.3 Å². The van der Waals surface area contributed by atoms with Gasteiger partial charge in [-0.05, 0) is 31.4 Å². The number of hydrogen-bond acceptors (Lipinski definition) is 4. The van der Waals surface area contributed by atoms with Crippen molar-refractivity contribution in [3.05, 3.63) is 24.3 Å². The van der Waals surface area contributed by atoms with Crippen molar-refractivity contribution in [2.45, 2.75) is 25.2 Å². The number of likely N-dealkylation sites (tertiary alicyclic amines) is 1. The number of thioether (sulfide) groups is 1. The fraction of sp³-hybridized carbons (Fsp3) is 0.650. The number of hydrogen-bond donors (Lipinski definition) is 1. The second-order valence-electron chi connectivity index (χ2n) is 6.82. The summed E-state index contributed by atoms with van der Waals surface area (Å²) in [4.78, 5) is 8.45. The van der Waals surface area contributed by atoms with E-state index in [4.69, 9.17) is 14.5 Å². The Morgan fingerprint density at radius 1 is 1.38 bits per heavy atom. The van der Waals surface area contributed by atoms with E-state index in [0.29, 0.717) is 11.8 Å². The third-order valence-electron chi connectivity index (χ3n) is 4.47. The summed E-state index contributed by atoms with van der Waals surface area (Å²) >= 11 is 1.84. The number of rotatable bonds is 9. The van der Waals surface area contributed by atoms with Crippen molar-refractivity contribution in [1.29, 1.82) is 0 Å². The van der Waals surface area contributed by atoms with Gasteiger partial charge in [0.2, 0.25) is 0 Å². The van der Waals surface area contributed by atoms with Crippen molar-refractivity contribution in [3.63, 3.8) is 0 Å². The molecule has 0 aromatic heterocycles. The molecule has 0 saturated carbocycles. The third-order valence-corrected chi connectivity index (χ3v) is 5.85. The molecule has 26 heavy (non-hydrogen) atoms. The number of nitrogens with one attached hydrogen (secondary N) is 1. The second-order valence-corrected chi connectivity index (χ2v) is 7.88. The highest BCUT2D eigenvalue weighted by molar-refractivity contribution is 7.99. The first-order valence-electron chi connectivity index (χ1n) is 9.45. The van der Waals surface area contributed by atoms with E-state index in [1.807, 2.05) is 23.9 Å². The fourth-order valence-corrected chi connectivity index (χ4v) is 4.13. The van der Waals surface area contributed by atoms with Crippen LogP contribution in [0, 0.1) is 11.8 Å². The van der Waals surface area contributed by atoms with Gasteiger partial charge in [0.1, 0.15) is 5.75 Å². The SMILES string of the molecule is CCNC(=NCC(C)CSc1ccccc1OC)N1CCC(COC)C1. The van der Waals surface area contributed by atoms with Crippen molar-refractivity contribution in [2.24, 2.45) is 16.8 Å². The maximum Gasteiger partial charge on any atom is 0.193 e. The van der Waals surface area contributed by atoms with Crippen molar-refractivity contribution < 1.29 is 9.47 Å². The normalized spacial score (nSPS) is 18.8. The fourth-order valence-electron chi connectivity index (χ4n) is 3.09. The van der Waals surface area contributed by atoms with Gasteiger partial charge in [-0.2, -0.15) is 0 Å². The van der Waals surface area contributed by atoms with E-state index in [1.54, 1.807) is 14.2 Å². The largest absolute Gasteiger partial charge is 0.496 e. The number of benzene rings is 1. The monoisotopic (exact) mass is 379 g/mol. The number of para-hydroxylation sites is 1. The molecule has 1 saturated heterocycles. The van der Waals surface area contributed by atoms with Crippen LogP contribution in [0.4, 0.5) is 0 Å². The summed E-state index contributed by atoms with van der Waals surface area (Å²) in [7, 11) is 3.51. The smallest absolute Gasteiger partial charge is 0.193 e. The lowest BCUT2D eigenvalue weighted by molar-refractivity contribution is 0.157. The Kier molecular flexibility index (Phi) is 9.12. The molecule has 1 aliphatic rings. The molecular formula is C20H33N3O2S. The van der Waals surface area contributed by atoms with Crippen LogP contribution in [0.25, 0.3) is 0 Å². The Bertz CT molecular complexity index is 568. The van der Waals surface area contributed by atoms with Crippen LogP contribution in [0.3, 0.4) is 0 Å². The van der Waals surface area contributed by atoms with Crippen molar-refractivity contribution >= 4 is 17.7 Å². The van der Waals surface area contributed by atoms with Crippen LogP contribution in [0.2, 0.25) is 0 Å². The van der Waals surface area contributed by atoms with Gasteiger partial charge in [0, 0.05) is 49.9 Å². The number of methoxy groups -OCH3 is 2. The van der Waals surface area contributed by atoms with Gasteiger partial charge in [-0.15, -0.1) is 11.8 Å². The summed E-state index contributed by atoms with van der Waals surface area (Å²) < 4.78 is 10.7. The molecule has 1 aliphatic heterocycles. The van der Waals surface area contributed by atoms with Gasteiger partial charge in [-0.1, -0.05) is 19.1 Å². The highest BCUT2D eigenvalue weighted by Crippen LogP contribution is 2.30. The summed E-state index contributed by atoms with van der Waals surface area (Å²) in [6.45, 7) is 9.03. The molecule has 6 heteroatoms. The van der Waals surface area contributed by atoms with E-state index in [-0.39, 0.29) is 0 Å². The van der Waals surface area contributed by atoms with E-state index >= 15 is 0 Å². The van der Waals surface area contributed by atoms with Crippen LogP contribution < -0.4 is 10.1 Å². The average molecular weight is 380 g/mol. The van der Waals surface area contributed by atoms with Crippen molar-refractivity contribution in [3.8, 4) is 5.75 Å². The summed E-state index contributed by atoms with van der Waals surface area (Å²) in [5, 5.41) is 3.44. The Morgan fingerprint density at radius 2 is 2.19 bits per heavy atom. The highest BCUT2D eigenvalue weighted by atomic mass is 32.2. The van der Waals surface area contributed by atoms with Gasteiger partial charge in [-0.25, -0.2) is 0 Å². The molecule has 1 N–H and O–H groups in total. The first-order valence-corrected chi connectivity index (χ1v) is 10.4. The molecule has 2 rings (SSSR count). The van der Waals surface area contributed by atoms with Gasteiger partial charge in [0.25, 0.3) is 0 Å². The van der Waals surface area contributed by atoms with Gasteiger partial charge in [-0.3, -0.25) is 4.99 Å². The van der Waals surface area contributed by atoms with Crippen LogP contribution in [-0.2, 0) is 4.74 Å². The number of ether oxygens (including phenoxy) is 2. The number of nitrogens with zero attached hydrogens (tertiary/aromatic N) is 2. The molecule has 0 aliphatic carbocycles. The molecule has 2 atom stereocenters. The first-order chi connectivity index (χ1) is 12.7. The maximum absolute atomic E-state index is 5.43. The average Bonchev–Trinajstić information content (AvgIpc) is 3.12. The Morgan fingerprint density at radius 3 is 2.92 bits per heavy atom. The Balaban J connectivity index is 1.86. The first kappa shape index (κ1) is 20.9. The zero-order chi connectivity index (χ0) is 18.8. The van der Waals surface area contributed by atoms with Gasteiger partial charge < -0.3 is 19.7 Å². The molecule has 0 amide bonds. The zero-order valence-electron chi connectivity index (χ0n) is 16.5. The predicted octanol–water partition coefficient (Wildman–Crippen LogP) is 3.36.